The fraction of sp³-hybridized carbons (Fsp3) is 0.0455. The van der Waals surface area contributed by atoms with Crippen molar-refractivity contribution in [1.29, 1.82) is 0 Å². The monoisotopic (exact) mass is 1020 g/mol. The van der Waals surface area contributed by atoms with Crippen LogP contribution in [0.3, 0.4) is 0 Å². The minimum atomic E-state index is -4.99. The predicted octanol–water partition coefficient (Wildman–Crippen LogP) is 7.44. The van der Waals surface area contributed by atoms with Crippen LogP contribution in [0.1, 0.15) is 45.7 Å². The summed E-state index contributed by atoms with van der Waals surface area (Å²) in [5.74, 6) is -0.881. The molecular weight excluding hydrogens is 993 g/mol. The van der Waals surface area contributed by atoms with Crippen LogP contribution in [0.5, 0.6) is 0 Å². The van der Waals surface area contributed by atoms with Gasteiger partial charge in [-0.3, -0.25) is 27.8 Å². The smallest absolute Gasteiger partial charge is 0.294 e. The third kappa shape index (κ3) is 7.03. The minimum absolute atomic E-state index is 0.0317. The maximum Gasteiger partial charge on any atom is 0.295 e. The standard InChI is InChI=1S/C44H30N8O14S4/c1-23(53)34-21-38(49-48-37-16-11-27-17-30(67(55,56)57)14-15-31(27)43(37)52(48)49)35(24(2)54)20-36(34)46-45-28-12-9-25(40(18-28)68(58,59)60)7-8-26-10-13-29(19-41(26)69(61,62)63)47-50-39-22-42(70(64,65)66)32-5-3-4-6-33(32)44(39)51(47)50/h3-22H,1-2H3,(H,55,56,57)(H,58,59,60)(H,61,62,63)(H,64,65,66). The number of carbonyl (C=O) groups is 2. The number of aromatic nitrogens is 6. The largest absolute Gasteiger partial charge is 0.295 e. The molecule has 0 aliphatic rings. The van der Waals surface area contributed by atoms with Gasteiger partial charge in [0.05, 0.1) is 27.6 Å². The van der Waals surface area contributed by atoms with Crippen molar-refractivity contribution in [3.8, 4) is 11.4 Å². The Kier molecular flexibility index (Phi) is 9.47. The van der Waals surface area contributed by atoms with Crippen LogP contribution in [0.4, 0.5) is 11.4 Å². The van der Waals surface area contributed by atoms with Gasteiger partial charge in [-0.1, -0.05) is 60.7 Å². The Hall–Kier alpha value is -7.82. The van der Waals surface area contributed by atoms with E-state index in [0.29, 0.717) is 43.9 Å². The van der Waals surface area contributed by atoms with Crippen molar-refractivity contribution in [2.75, 3.05) is 0 Å². The van der Waals surface area contributed by atoms with Gasteiger partial charge in [-0.2, -0.15) is 43.6 Å². The number of fused-ring (bicyclic) bond motifs is 12. The highest BCUT2D eigenvalue weighted by Gasteiger charge is 2.32. The molecule has 354 valence electrons. The van der Waals surface area contributed by atoms with Crippen LogP contribution >= 0.6 is 0 Å². The van der Waals surface area contributed by atoms with Gasteiger partial charge in [0.15, 0.2) is 11.6 Å². The number of hydrogen-bond donors (Lipinski definition) is 4. The van der Waals surface area contributed by atoms with Gasteiger partial charge in [0, 0.05) is 27.3 Å². The lowest BCUT2D eigenvalue weighted by Crippen LogP contribution is -2.04. The van der Waals surface area contributed by atoms with Crippen LogP contribution < -0.4 is 0 Å². The van der Waals surface area contributed by atoms with E-state index in [0.717, 1.165) is 12.1 Å². The van der Waals surface area contributed by atoms with E-state index in [9.17, 15) is 61.5 Å². The molecule has 0 radical (unpaired) electrons. The second-order valence-electron chi connectivity index (χ2n) is 16.2. The molecule has 0 fully saturated rings. The second-order valence-corrected chi connectivity index (χ2v) is 21.8. The van der Waals surface area contributed by atoms with E-state index in [1.807, 2.05) is 0 Å². The maximum absolute atomic E-state index is 13.1. The van der Waals surface area contributed by atoms with Crippen LogP contribution in [0.2, 0.25) is 0 Å². The predicted molar refractivity (Wildman–Crippen MR) is 252 cm³/mol. The van der Waals surface area contributed by atoms with Crippen molar-refractivity contribution in [2.45, 2.75) is 33.4 Å². The Labute approximate surface area is 393 Å². The summed E-state index contributed by atoms with van der Waals surface area (Å²) in [6.07, 6.45) is 2.37. The molecule has 0 atom stereocenters. The fourth-order valence-corrected chi connectivity index (χ4v) is 11.4. The molecule has 0 saturated carbocycles. The van der Waals surface area contributed by atoms with Crippen molar-refractivity contribution < 1.29 is 61.5 Å². The number of rotatable bonds is 12. The third-order valence-electron chi connectivity index (χ3n) is 11.9. The minimum Gasteiger partial charge on any atom is -0.294 e. The molecule has 0 unspecified atom stereocenters. The zero-order chi connectivity index (χ0) is 49.7. The van der Waals surface area contributed by atoms with E-state index in [1.165, 1.54) is 96.1 Å². The lowest BCUT2D eigenvalue weighted by Gasteiger charge is -2.08. The van der Waals surface area contributed by atoms with Gasteiger partial charge in [0.1, 0.15) is 36.8 Å². The molecule has 0 spiro atoms. The van der Waals surface area contributed by atoms with Gasteiger partial charge < -0.3 is 0 Å². The zero-order valence-corrected chi connectivity index (χ0v) is 38.9. The number of carbonyl (C=O) groups excluding carboxylic acids is 2. The molecule has 0 saturated heterocycles. The van der Waals surface area contributed by atoms with Gasteiger partial charge in [-0.25, -0.2) is 0 Å². The van der Waals surface area contributed by atoms with E-state index in [4.69, 9.17) is 0 Å². The topological polar surface area (TPSA) is 304 Å². The van der Waals surface area contributed by atoms with Crippen LogP contribution in [0.15, 0.2) is 139 Å². The van der Waals surface area contributed by atoms with Crippen LogP contribution in [-0.2, 0) is 40.5 Å². The van der Waals surface area contributed by atoms with Gasteiger partial charge >= 0.3 is 0 Å². The average Bonchev–Trinajstić information content (AvgIpc) is 4.15. The SMILES string of the molecule is CC(=O)c1cc(-n2n3c4ccc5cc(S(=O)(=O)O)ccc5c4n23)c(C(C)=O)cc1N=Nc1ccc(C=Cc2ccc(-n3n4c5cc(S(=O)(=O)O)c6ccccc6c5n34)cc2S(=O)(=O)O)c(S(=O)(=O)O)c1. The number of azo groups is 1. The van der Waals surface area contributed by atoms with E-state index >= 15 is 0 Å². The highest BCUT2D eigenvalue weighted by atomic mass is 32.2. The quantitative estimate of drug-likeness (QED) is 0.0400. The molecule has 0 amide bonds. The van der Waals surface area contributed by atoms with Gasteiger partial charge in [0.25, 0.3) is 40.5 Å². The molecule has 0 aliphatic carbocycles. The van der Waals surface area contributed by atoms with E-state index < -0.39 is 61.8 Å². The summed E-state index contributed by atoms with van der Waals surface area (Å²) in [4.78, 5) is 27.4. The zero-order valence-electron chi connectivity index (χ0n) is 35.6. The molecule has 0 bridgehead atoms. The Morgan fingerprint density at radius 2 is 1.10 bits per heavy atom. The first kappa shape index (κ1) is 44.7. The third-order valence-corrected chi connectivity index (χ3v) is 15.5. The molecule has 70 heavy (non-hydrogen) atoms. The molecule has 0 aliphatic heterocycles. The Morgan fingerprint density at radius 3 is 1.74 bits per heavy atom. The van der Waals surface area contributed by atoms with Crippen LogP contribution in [-0.4, -0.2) is 91.6 Å². The highest BCUT2D eigenvalue weighted by molar-refractivity contribution is 7.86. The molecule has 4 aromatic heterocycles. The second kappa shape index (κ2) is 14.8. The fourth-order valence-electron chi connectivity index (χ4n) is 8.71. The maximum atomic E-state index is 13.1. The molecule has 4 N–H and O–H groups in total. The summed E-state index contributed by atoms with van der Waals surface area (Å²) in [7, 11) is -19.0. The number of hydrogen-bond acceptors (Lipinski definition) is 12. The summed E-state index contributed by atoms with van der Waals surface area (Å²) < 4.78 is 145. The number of nitrogens with zero attached hydrogens (tertiary/aromatic N) is 8. The number of ketones is 2. The van der Waals surface area contributed by atoms with E-state index in [-0.39, 0.29) is 54.5 Å². The number of benzene rings is 7. The normalized spacial score (nSPS) is 13.5. The Balaban J connectivity index is 0.918. The molecular formula is C44H30N8O14S4. The molecule has 22 nitrogen and oxygen atoms in total. The van der Waals surface area contributed by atoms with Crippen LogP contribution in [0, 0.1) is 0 Å². The summed E-state index contributed by atoms with van der Waals surface area (Å²) in [5, 5.41) is 10.2. The molecule has 11 aromatic rings. The summed E-state index contributed by atoms with van der Waals surface area (Å²) in [6, 6.07) is 25.6. The van der Waals surface area contributed by atoms with Gasteiger partial charge in [0.2, 0.25) is 0 Å². The first-order valence-corrected chi connectivity index (χ1v) is 26.1. The van der Waals surface area contributed by atoms with Gasteiger partial charge in [-0.05, 0) is 91.0 Å². The molecule has 11 rings (SSSR count). The molecule has 26 heteroatoms. The van der Waals surface area contributed by atoms with Gasteiger partial charge in [-0.15, -0.1) is 28.4 Å². The average molecular weight is 1020 g/mol. The van der Waals surface area contributed by atoms with Crippen molar-refractivity contribution >= 4 is 119 Å². The first-order chi connectivity index (χ1) is 32.9. The first-order valence-electron chi connectivity index (χ1n) is 20.3. The molecule has 7 aromatic carbocycles. The summed E-state index contributed by atoms with van der Waals surface area (Å²) >= 11 is 0. The highest BCUT2D eigenvalue weighted by Crippen LogP contribution is 2.39. The van der Waals surface area contributed by atoms with Crippen LogP contribution in [0.25, 0.3) is 67.1 Å². The van der Waals surface area contributed by atoms with E-state index in [1.54, 1.807) is 55.1 Å². The van der Waals surface area contributed by atoms with Crippen molar-refractivity contribution in [3.05, 3.63) is 131 Å². The molecule has 4 heterocycles. The van der Waals surface area contributed by atoms with Crippen molar-refractivity contribution in [3.63, 3.8) is 0 Å². The lowest BCUT2D eigenvalue weighted by atomic mass is 10.0. The lowest BCUT2D eigenvalue weighted by molar-refractivity contribution is 0.100. The van der Waals surface area contributed by atoms with E-state index in [2.05, 4.69) is 10.2 Å². The Morgan fingerprint density at radius 1 is 0.500 bits per heavy atom. The number of Topliss-reactive ketones (excluding diaryl/α,β-unsaturated/α-hetero) is 2. The Bertz CT molecular complexity index is 4660. The van der Waals surface area contributed by atoms with Crippen molar-refractivity contribution in [2.24, 2.45) is 10.2 Å². The summed E-state index contributed by atoms with van der Waals surface area (Å²) in [5.41, 5.74) is 2.62. The van der Waals surface area contributed by atoms with Crippen molar-refractivity contribution in [1.82, 2.24) is 28.1 Å². The summed E-state index contributed by atoms with van der Waals surface area (Å²) in [6.45, 7) is 2.57.